The molecule has 1 unspecified atom stereocenters. The van der Waals surface area contributed by atoms with Gasteiger partial charge in [0, 0.05) is 13.8 Å². The minimum absolute atomic E-state index is 0.187. The third-order valence-corrected chi connectivity index (χ3v) is 4.56. The van der Waals surface area contributed by atoms with Crippen molar-refractivity contribution in [2.45, 2.75) is 25.6 Å². The van der Waals surface area contributed by atoms with Crippen LogP contribution < -0.4 is 14.8 Å². The Morgan fingerprint density at radius 1 is 1.32 bits per heavy atom. The molecule has 1 atom stereocenters. The number of hydrogen-bond donors (Lipinski definition) is 1. The SMILES string of the molecule is CC(=O)NC1=NN(C(C)=O)C(C)(c2ccc3c(c2)OCO3)S1. The van der Waals surface area contributed by atoms with Crippen LogP contribution in [-0.2, 0) is 14.5 Å². The Kier molecular flexibility index (Phi) is 3.48. The number of rotatable bonds is 1. The van der Waals surface area contributed by atoms with E-state index < -0.39 is 4.87 Å². The van der Waals surface area contributed by atoms with Gasteiger partial charge in [-0.05, 0) is 24.6 Å². The lowest BCUT2D eigenvalue weighted by atomic mass is 10.1. The van der Waals surface area contributed by atoms with Crippen LogP contribution in [-0.4, -0.2) is 28.8 Å². The van der Waals surface area contributed by atoms with Crippen molar-refractivity contribution in [2.75, 3.05) is 6.79 Å². The van der Waals surface area contributed by atoms with E-state index in [0.29, 0.717) is 16.7 Å². The van der Waals surface area contributed by atoms with Crippen LogP contribution in [0.3, 0.4) is 0 Å². The van der Waals surface area contributed by atoms with E-state index in [9.17, 15) is 9.59 Å². The molecule has 0 radical (unpaired) electrons. The monoisotopic (exact) mass is 321 g/mol. The zero-order valence-electron chi connectivity index (χ0n) is 12.4. The van der Waals surface area contributed by atoms with Gasteiger partial charge in [-0.15, -0.1) is 5.10 Å². The molecule has 0 saturated carbocycles. The zero-order valence-corrected chi connectivity index (χ0v) is 13.2. The molecule has 2 aliphatic rings. The summed E-state index contributed by atoms with van der Waals surface area (Å²) >= 11 is 1.30. The molecule has 2 amide bonds. The number of nitrogens with zero attached hydrogens (tertiary/aromatic N) is 2. The highest BCUT2D eigenvalue weighted by atomic mass is 32.2. The number of ether oxygens (including phenoxy) is 2. The van der Waals surface area contributed by atoms with Crippen LogP contribution in [0.15, 0.2) is 23.3 Å². The van der Waals surface area contributed by atoms with Crippen molar-refractivity contribution in [1.29, 1.82) is 0 Å². The van der Waals surface area contributed by atoms with E-state index in [1.165, 1.54) is 30.6 Å². The molecule has 0 aliphatic carbocycles. The van der Waals surface area contributed by atoms with E-state index in [1.807, 2.05) is 19.1 Å². The summed E-state index contributed by atoms with van der Waals surface area (Å²) in [7, 11) is 0. The highest BCUT2D eigenvalue weighted by molar-refractivity contribution is 8.14. The Labute approximate surface area is 131 Å². The Morgan fingerprint density at radius 3 is 2.73 bits per heavy atom. The molecule has 0 aromatic heterocycles. The summed E-state index contributed by atoms with van der Waals surface area (Å²) < 4.78 is 10.7. The van der Waals surface area contributed by atoms with Gasteiger partial charge in [0.2, 0.25) is 18.6 Å². The molecule has 22 heavy (non-hydrogen) atoms. The Bertz CT molecular complexity index is 691. The van der Waals surface area contributed by atoms with Crippen LogP contribution >= 0.6 is 11.8 Å². The van der Waals surface area contributed by atoms with E-state index in [-0.39, 0.29) is 18.6 Å². The van der Waals surface area contributed by atoms with E-state index in [0.717, 1.165) is 5.56 Å². The lowest BCUT2D eigenvalue weighted by Crippen LogP contribution is -2.37. The number of hydrogen-bond acceptors (Lipinski definition) is 6. The molecule has 1 aromatic rings. The average molecular weight is 321 g/mol. The highest BCUT2D eigenvalue weighted by Gasteiger charge is 2.44. The number of hydrazone groups is 1. The number of amidine groups is 1. The molecule has 0 spiro atoms. The smallest absolute Gasteiger partial charge is 0.241 e. The first-order valence-electron chi connectivity index (χ1n) is 6.66. The van der Waals surface area contributed by atoms with Crippen molar-refractivity contribution in [3.63, 3.8) is 0 Å². The summed E-state index contributed by atoms with van der Waals surface area (Å²) in [6.45, 7) is 4.89. The highest BCUT2D eigenvalue weighted by Crippen LogP contribution is 2.47. The second kappa shape index (κ2) is 5.20. The second-order valence-corrected chi connectivity index (χ2v) is 6.46. The van der Waals surface area contributed by atoms with Gasteiger partial charge in [-0.1, -0.05) is 17.8 Å². The van der Waals surface area contributed by atoms with Gasteiger partial charge >= 0.3 is 0 Å². The van der Waals surface area contributed by atoms with Crippen LogP contribution in [0.25, 0.3) is 0 Å². The molecule has 1 N–H and O–H groups in total. The maximum Gasteiger partial charge on any atom is 0.241 e. The minimum atomic E-state index is -0.759. The van der Waals surface area contributed by atoms with Crippen molar-refractivity contribution >= 4 is 28.7 Å². The summed E-state index contributed by atoms with van der Waals surface area (Å²) in [6.07, 6.45) is 0. The molecule has 2 aliphatic heterocycles. The molecule has 0 saturated heterocycles. The fourth-order valence-electron chi connectivity index (χ4n) is 2.38. The van der Waals surface area contributed by atoms with Gasteiger partial charge in [-0.25, -0.2) is 5.01 Å². The van der Waals surface area contributed by atoms with Crippen molar-refractivity contribution < 1.29 is 19.1 Å². The number of carbonyl (C=O) groups excluding carboxylic acids is 2. The maximum absolute atomic E-state index is 11.9. The van der Waals surface area contributed by atoms with Gasteiger partial charge in [0.15, 0.2) is 16.7 Å². The third-order valence-electron chi connectivity index (χ3n) is 3.38. The molecular weight excluding hydrogens is 306 g/mol. The lowest BCUT2D eigenvalue weighted by molar-refractivity contribution is -0.131. The largest absolute Gasteiger partial charge is 0.454 e. The maximum atomic E-state index is 11.9. The van der Waals surface area contributed by atoms with E-state index in [2.05, 4.69) is 10.4 Å². The zero-order chi connectivity index (χ0) is 15.9. The summed E-state index contributed by atoms with van der Waals surface area (Å²) in [4.78, 5) is 22.4. The van der Waals surface area contributed by atoms with Crippen LogP contribution in [0.2, 0.25) is 0 Å². The number of nitrogens with one attached hydrogen (secondary N) is 1. The average Bonchev–Trinajstić information content (AvgIpc) is 3.02. The van der Waals surface area contributed by atoms with Gasteiger partial charge in [-0.2, -0.15) is 0 Å². The van der Waals surface area contributed by atoms with E-state index >= 15 is 0 Å². The normalized spacial score (nSPS) is 22.5. The van der Waals surface area contributed by atoms with Crippen molar-refractivity contribution in [2.24, 2.45) is 5.10 Å². The molecule has 3 rings (SSSR count). The summed E-state index contributed by atoms with van der Waals surface area (Å²) in [5.74, 6) is 0.862. The molecule has 2 heterocycles. The molecule has 8 heteroatoms. The summed E-state index contributed by atoms with van der Waals surface area (Å²) in [5, 5.41) is 8.59. The minimum Gasteiger partial charge on any atom is -0.454 e. The first-order chi connectivity index (χ1) is 10.4. The Morgan fingerprint density at radius 2 is 2.05 bits per heavy atom. The first-order valence-corrected chi connectivity index (χ1v) is 7.48. The van der Waals surface area contributed by atoms with Crippen molar-refractivity contribution in [3.05, 3.63) is 23.8 Å². The molecule has 0 bridgehead atoms. The standard InChI is InChI=1S/C14H15N3O4S/c1-8(18)15-13-16-17(9(2)19)14(3,22-13)10-4-5-11-12(6-10)21-7-20-11/h4-6H,7H2,1-3H3,(H,15,16,18). The number of benzene rings is 1. The summed E-state index contributed by atoms with van der Waals surface area (Å²) in [6, 6.07) is 5.50. The molecule has 0 fully saturated rings. The third kappa shape index (κ3) is 2.39. The number of thioether (sulfide) groups is 1. The molecular formula is C14H15N3O4S. The van der Waals surface area contributed by atoms with Gasteiger partial charge in [0.25, 0.3) is 0 Å². The fraction of sp³-hybridized carbons (Fsp3) is 0.357. The number of fused-ring (bicyclic) bond motifs is 1. The van der Waals surface area contributed by atoms with E-state index in [4.69, 9.17) is 9.47 Å². The molecule has 1 aromatic carbocycles. The van der Waals surface area contributed by atoms with Gasteiger partial charge in [0.1, 0.15) is 4.87 Å². The Hall–Kier alpha value is -2.22. The van der Waals surface area contributed by atoms with Crippen molar-refractivity contribution in [3.8, 4) is 11.5 Å². The number of carbonyl (C=O) groups is 2. The van der Waals surface area contributed by atoms with Crippen LogP contribution in [0.5, 0.6) is 11.5 Å². The topological polar surface area (TPSA) is 80.2 Å². The molecule has 116 valence electrons. The Balaban J connectivity index is 1.97. The van der Waals surface area contributed by atoms with Crippen LogP contribution in [0.4, 0.5) is 0 Å². The predicted octanol–water partition coefficient (Wildman–Crippen LogP) is 1.59. The van der Waals surface area contributed by atoms with Crippen molar-refractivity contribution in [1.82, 2.24) is 10.3 Å². The number of amides is 2. The first kappa shape index (κ1) is 14.7. The summed E-state index contributed by atoms with van der Waals surface area (Å²) in [5.41, 5.74) is 0.834. The van der Waals surface area contributed by atoms with E-state index in [1.54, 1.807) is 6.07 Å². The lowest BCUT2D eigenvalue weighted by Gasteiger charge is -2.31. The predicted molar refractivity (Wildman–Crippen MR) is 81.3 cm³/mol. The van der Waals surface area contributed by atoms with Gasteiger partial charge in [0.05, 0.1) is 0 Å². The van der Waals surface area contributed by atoms with Crippen LogP contribution in [0, 0.1) is 0 Å². The fourth-order valence-corrected chi connectivity index (χ4v) is 3.57. The van der Waals surface area contributed by atoms with Gasteiger partial charge < -0.3 is 14.8 Å². The second-order valence-electron chi connectivity index (χ2n) is 5.07. The quantitative estimate of drug-likeness (QED) is 0.849. The van der Waals surface area contributed by atoms with Crippen LogP contribution in [0.1, 0.15) is 26.3 Å². The van der Waals surface area contributed by atoms with Gasteiger partial charge in [-0.3, -0.25) is 9.59 Å². The molecule has 7 nitrogen and oxygen atoms in total.